The largest absolute Gasteiger partial charge is 0.506 e. The van der Waals surface area contributed by atoms with E-state index in [-0.39, 0.29) is 5.75 Å². The van der Waals surface area contributed by atoms with Crippen LogP contribution in [0.15, 0.2) is 6.07 Å². The minimum absolute atomic E-state index is 0.133. The van der Waals surface area contributed by atoms with Gasteiger partial charge in [0.05, 0.1) is 12.1 Å². The van der Waals surface area contributed by atoms with E-state index in [1.807, 2.05) is 19.9 Å². The van der Waals surface area contributed by atoms with Gasteiger partial charge in [0.2, 0.25) is 0 Å². The van der Waals surface area contributed by atoms with Gasteiger partial charge in [0.1, 0.15) is 5.75 Å². The van der Waals surface area contributed by atoms with Crippen molar-refractivity contribution < 1.29 is 9.94 Å². The number of phenols is 1. The lowest BCUT2D eigenvalue weighted by Crippen LogP contribution is -2.12. The summed E-state index contributed by atoms with van der Waals surface area (Å²) < 4.78 is 0. The smallest absolute Gasteiger partial charge is 0.139 e. The zero-order valence-corrected chi connectivity index (χ0v) is 9.27. The van der Waals surface area contributed by atoms with Crippen molar-refractivity contribution in [3.63, 3.8) is 0 Å². The molecule has 0 spiro atoms. The van der Waals surface area contributed by atoms with E-state index in [9.17, 15) is 5.11 Å². The zero-order valence-electron chi connectivity index (χ0n) is 8.52. The second-order valence-corrected chi connectivity index (χ2v) is 3.55. The highest BCUT2D eigenvalue weighted by Gasteiger charge is 2.11. The Morgan fingerprint density at radius 1 is 1.43 bits per heavy atom. The Hall–Kier alpha value is -0.770. The van der Waals surface area contributed by atoms with Crippen molar-refractivity contribution in [3.8, 4) is 5.75 Å². The van der Waals surface area contributed by atoms with Crippen LogP contribution in [0.4, 0.5) is 0 Å². The maximum Gasteiger partial charge on any atom is 0.139 e. The van der Waals surface area contributed by atoms with Crippen LogP contribution in [0.5, 0.6) is 5.75 Å². The summed E-state index contributed by atoms with van der Waals surface area (Å²) in [6.07, 6.45) is 0. The summed E-state index contributed by atoms with van der Waals surface area (Å²) in [6.45, 7) is 4.23. The molecule has 0 saturated carbocycles. The molecule has 0 fully saturated rings. The fourth-order valence-electron chi connectivity index (χ4n) is 1.35. The number of aromatic hydroxyl groups is 1. The molecule has 1 aromatic carbocycles. The van der Waals surface area contributed by atoms with Gasteiger partial charge in [-0.1, -0.05) is 17.7 Å². The van der Waals surface area contributed by atoms with Crippen molar-refractivity contribution in [2.75, 3.05) is 7.11 Å². The van der Waals surface area contributed by atoms with Crippen LogP contribution in [0.25, 0.3) is 0 Å². The molecule has 2 N–H and O–H groups in total. The van der Waals surface area contributed by atoms with Crippen molar-refractivity contribution >= 4 is 11.6 Å². The Bertz CT molecular complexity index is 339. The molecule has 0 aliphatic heterocycles. The maximum atomic E-state index is 9.76. The minimum atomic E-state index is 0.133. The number of benzene rings is 1. The van der Waals surface area contributed by atoms with Gasteiger partial charge in [0.25, 0.3) is 0 Å². The van der Waals surface area contributed by atoms with Gasteiger partial charge >= 0.3 is 0 Å². The molecule has 0 saturated heterocycles. The Labute approximate surface area is 88.6 Å². The normalized spacial score (nSPS) is 10.6. The number of rotatable bonds is 3. The summed E-state index contributed by atoms with van der Waals surface area (Å²) in [5.74, 6) is 0.133. The first-order valence-electron chi connectivity index (χ1n) is 4.31. The second-order valence-electron chi connectivity index (χ2n) is 3.18. The van der Waals surface area contributed by atoms with Crippen LogP contribution in [-0.2, 0) is 11.4 Å². The number of aryl methyl sites for hydroxylation is 2. The van der Waals surface area contributed by atoms with Crippen LogP contribution in [0.2, 0.25) is 5.02 Å². The third kappa shape index (κ3) is 2.18. The Morgan fingerprint density at radius 2 is 2.07 bits per heavy atom. The van der Waals surface area contributed by atoms with Crippen molar-refractivity contribution in [1.82, 2.24) is 5.48 Å². The van der Waals surface area contributed by atoms with E-state index in [1.54, 1.807) is 0 Å². The van der Waals surface area contributed by atoms with Crippen LogP contribution in [-0.4, -0.2) is 12.2 Å². The lowest BCUT2D eigenvalue weighted by atomic mass is 10.0. The van der Waals surface area contributed by atoms with Gasteiger partial charge in [-0.25, -0.2) is 0 Å². The molecule has 1 rings (SSSR count). The average molecular weight is 216 g/mol. The van der Waals surface area contributed by atoms with Gasteiger partial charge < -0.3 is 9.94 Å². The Kier molecular flexibility index (Phi) is 3.75. The van der Waals surface area contributed by atoms with Crippen LogP contribution in [0, 0.1) is 13.8 Å². The summed E-state index contributed by atoms with van der Waals surface area (Å²) in [5.41, 5.74) is 5.31. The summed E-state index contributed by atoms with van der Waals surface area (Å²) in [4.78, 5) is 4.72. The number of hydrogen-bond acceptors (Lipinski definition) is 3. The van der Waals surface area contributed by atoms with E-state index in [0.29, 0.717) is 11.6 Å². The molecule has 0 amide bonds. The molecule has 78 valence electrons. The maximum absolute atomic E-state index is 9.76. The van der Waals surface area contributed by atoms with E-state index < -0.39 is 0 Å². The molecule has 0 heterocycles. The molecule has 3 nitrogen and oxygen atoms in total. The van der Waals surface area contributed by atoms with Crippen molar-refractivity contribution in [2.45, 2.75) is 20.4 Å². The lowest BCUT2D eigenvalue weighted by molar-refractivity contribution is 0.0860. The first-order chi connectivity index (χ1) is 6.57. The molecular weight excluding hydrogens is 202 g/mol. The fourth-order valence-corrected chi connectivity index (χ4v) is 1.52. The van der Waals surface area contributed by atoms with Gasteiger partial charge in [-0.3, -0.25) is 0 Å². The average Bonchev–Trinajstić information content (AvgIpc) is 2.14. The van der Waals surface area contributed by atoms with Crippen molar-refractivity contribution in [3.05, 3.63) is 27.8 Å². The molecule has 0 atom stereocenters. The molecule has 4 heteroatoms. The second kappa shape index (κ2) is 4.64. The molecule has 0 bridgehead atoms. The molecule has 0 aliphatic carbocycles. The van der Waals surface area contributed by atoms with E-state index in [0.717, 1.165) is 16.7 Å². The number of phenolic OH excluding ortho intramolecular Hbond substituents is 1. The summed E-state index contributed by atoms with van der Waals surface area (Å²) >= 11 is 5.92. The Balaban J connectivity index is 3.09. The van der Waals surface area contributed by atoms with Crippen LogP contribution in [0.3, 0.4) is 0 Å². The molecule has 14 heavy (non-hydrogen) atoms. The molecule has 0 radical (unpaired) electrons. The molecule has 0 aromatic heterocycles. The summed E-state index contributed by atoms with van der Waals surface area (Å²) in [5, 5.41) is 10.2. The fraction of sp³-hybridized carbons (Fsp3) is 0.400. The monoisotopic (exact) mass is 215 g/mol. The standard InChI is InChI=1S/C10H14ClNO2/c1-6-4-7(2)9(11)10(13)8(6)5-12-14-3/h4,12-13H,5H2,1-3H3. The highest BCUT2D eigenvalue weighted by atomic mass is 35.5. The van der Waals surface area contributed by atoms with Crippen LogP contribution >= 0.6 is 11.6 Å². The lowest BCUT2D eigenvalue weighted by Gasteiger charge is -2.12. The molecule has 1 aromatic rings. The highest BCUT2D eigenvalue weighted by Crippen LogP contribution is 2.32. The van der Waals surface area contributed by atoms with E-state index in [2.05, 4.69) is 5.48 Å². The third-order valence-corrected chi connectivity index (χ3v) is 2.62. The number of hydroxylamine groups is 1. The highest BCUT2D eigenvalue weighted by molar-refractivity contribution is 6.32. The first-order valence-corrected chi connectivity index (χ1v) is 4.69. The van der Waals surface area contributed by atoms with Crippen molar-refractivity contribution in [1.29, 1.82) is 0 Å². The Morgan fingerprint density at radius 3 is 2.64 bits per heavy atom. The first kappa shape index (κ1) is 11.3. The topological polar surface area (TPSA) is 41.5 Å². The summed E-state index contributed by atoms with van der Waals surface area (Å²) in [7, 11) is 1.53. The zero-order chi connectivity index (χ0) is 10.7. The van der Waals surface area contributed by atoms with Crippen LogP contribution in [0.1, 0.15) is 16.7 Å². The molecule has 0 unspecified atom stereocenters. The van der Waals surface area contributed by atoms with Crippen molar-refractivity contribution in [2.24, 2.45) is 0 Å². The van der Waals surface area contributed by atoms with Gasteiger partial charge in [-0.15, -0.1) is 0 Å². The number of halogens is 1. The minimum Gasteiger partial charge on any atom is -0.506 e. The van der Waals surface area contributed by atoms with E-state index in [4.69, 9.17) is 16.4 Å². The molecule has 0 aliphatic rings. The third-order valence-electron chi connectivity index (χ3n) is 2.14. The number of nitrogens with one attached hydrogen (secondary N) is 1. The van der Waals surface area contributed by atoms with Gasteiger partial charge in [-0.2, -0.15) is 5.48 Å². The predicted octanol–water partition coefficient (Wildman–Crippen LogP) is 2.31. The SMILES string of the molecule is CONCc1c(C)cc(C)c(Cl)c1O. The predicted molar refractivity (Wildman–Crippen MR) is 56.4 cm³/mol. The quantitative estimate of drug-likeness (QED) is 0.761. The van der Waals surface area contributed by atoms with Gasteiger partial charge in [-0.05, 0) is 25.0 Å². The molecular formula is C10H14ClNO2. The van der Waals surface area contributed by atoms with Gasteiger partial charge in [0, 0.05) is 12.1 Å². The van der Waals surface area contributed by atoms with Crippen LogP contribution < -0.4 is 5.48 Å². The van der Waals surface area contributed by atoms with Gasteiger partial charge in [0.15, 0.2) is 0 Å². The van der Waals surface area contributed by atoms with E-state index >= 15 is 0 Å². The van der Waals surface area contributed by atoms with E-state index in [1.165, 1.54) is 7.11 Å². The number of hydrogen-bond donors (Lipinski definition) is 2. The summed E-state index contributed by atoms with van der Waals surface area (Å²) in [6, 6.07) is 1.94.